The van der Waals surface area contributed by atoms with Crippen molar-refractivity contribution in [2.75, 3.05) is 24.7 Å². The van der Waals surface area contributed by atoms with E-state index in [1.165, 1.54) is 0 Å². The van der Waals surface area contributed by atoms with Gasteiger partial charge in [-0.25, -0.2) is 0 Å². The minimum Gasteiger partial charge on any atom is -0.338 e. The predicted octanol–water partition coefficient (Wildman–Crippen LogP) is 4.23. The molecule has 0 atom stereocenters. The predicted molar refractivity (Wildman–Crippen MR) is 109 cm³/mol. The van der Waals surface area contributed by atoms with Gasteiger partial charge in [-0.1, -0.05) is 17.7 Å². The molecule has 1 aliphatic carbocycles. The maximum Gasteiger partial charge on any atom is 0.292 e. The third-order valence-electron chi connectivity index (χ3n) is 5.91. The van der Waals surface area contributed by atoms with Crippen LogP contribution in [0.15, 0.2) is 36.4 Å². The first-order valence-corrected chi connectivity index (χ1v) is 10.4. The van der Waals surface area contributed by atoms with Crippen LogP contribution >= 0.6 is 11.6 Å². The molecule has 6 heteroatoms. The van der Waals surface area contributed by atoms with E-state index in [1.54, 1.807) is 29.2 Å². The van der Waals surface area contributed by atoms with E-state index in [2.05, 4.69) is 0 Å². The molecule has 5 nitrogen and oxygen atoms in total. The lowest BCUT2D eigenvalue weighted by atomic mass is 9.95. The normalized spacial score (nSPS) is 20.2. The van der Waals surface area contributed by atoms with Gasteiger partial charge in [0, 0.05) is 28.3 Å². The number of hydrogen-bond acceptors (Lipinski definition) is 4. The van der Waals surface area contributed by atoms with Crippen LogP contribution in [0, 0.1) is 12.8 Å². The summed E-state index contributed by atoms with van der Waals surface area (Å²) in [5, 5.41) is 0.515. The average Bonchev–Trinajstić information content (AvgIpc) is 3.54. The van der Waals surface area contributed by atoms with Crippen molar-refractivity contribution in [3.8, 4) is 0 Å². The first kappa shape index (κ1) is 18.8. The van der Waals surface area contributed by atoms with Gasteiger partial charge in [0.15, 0.2) is 5.78 Å². The van der Waals surface area contributed by atoms with Crippen molar-refractivity contribution >= 4 is 29.0 Å². The lowest BCUT2D eigenvalue weighted by molar-refractivity contribution is -0.256. The van der Waals surface area contributed by atoms with Gasteiger partial charge >= 0.3 is 0 Å². The lowest BCUT2D eigenvalue weighted by Crippen LogP contribution is -2.47. The summed E-state index contributed by atoms with van der Waals surface area (Å²) >= 11 is 6.11. The molecule has 3 aliphatic rings. The van der Waals surface area contributed by atoms with E-state index >= 15 is 0 Å². The van der Waals surface area contributed by atoms with Crippen LogP contribution in [-0.4, -0.2) is 31.4 Å². The minimum atomic E-state index is -1.43. The lowest BCUT2D eigenvalue weighted by Gasteiger charge is -2.32. The highest BCUT2D eigenvalue weighted by Gasteiger charge is 2.55. The molecule has 29 heavy (non-hydrogen) atoms. The Kier molecular flexibility index (Phi) is 4.50. The van der Waals surface area contributed by atoms with Crippen molar-refractivity contribution < 1.29 is 19.1 Å². The van der Waals surface area contributed by atoms with Crippen molar-refractivity contribution in [2.24, 2.45) is 5.92 Å². The summed E-state index contributed by atoms with van der Waals surface area (Å²) in [6, 6.07) is 10.7. The Labute approximate surface area is 174 Å². The zero-order valence-electron chi connectivity index (χ0n) is 16.2. The molecule has 1 saturated heterocycles. The van der Waals surface area contributed by atoms with Gasteiger partial charge in [-0.05, 0) is 68.0 Å². The van der Waals surface area contributed by atoms with Crippen molar-refractivity contribution in [2.45, 2.75) is 32.0 Å². The number of benzene rings is 2. The van der Waals surface area contributed by atoms with Crippen molar-refractivity contribution in [1.82, 2.24) is 0 Å². The highest BCUT2D eigenvalue weighted by atomic mass is 35.5. The molecule has 1 amide bonds. The largest absolute Gasteiger partial charge is 0.338 e. The molecule has 2 fully saturated rings. The molecule has 0 aromatic heterocycles. The highest BCUT2D eigenvalue weighted by molar-refractivity contribution is 6.31. The molecule has 2 aliphatic heterocycles. The van der Waals surface area contributed by atoms with Crippen LogP contribution in [0.3, 0.4) is 0 Å². The molecule has 0 N–H and O–H groups in total. The summed E-state index contributed by atoms with van der Waals surface area (Å²) in [7, 11) is 0. The van der Waals surface area contributed by atoms with Gasteiger partial charge in [0.2, 0.25) is 0 Å². The van der Waals surface area contributed by atoms with E-state index < -0.39 is 5.79 Å². The van der Waals surface area contributed by atoms with Crippen molar-refractivity contribution in [3.05, 3.63) is 63.7 Å². The number of ether oxygens (including phenoxy) is 2. The van der Waals surface area contributed by atoms with E-state index in [0.717, 1.165) is 30.5 Å². The maximum absolute atomic E-state index is 13.3. The van der Waals surface area contributed by atoms with E-state index in [1.807, 2.05) is 19.1 Å². The second-order valence-electron chi connectivity index (χ2n) is 8.05. The molecule has 2 aromatic rings. The van der Waals surface area contributed by atoms with Crippen LogP contribution in [0.25, 0.3) is 0 Å². The fraction of sp³-hybridized carbons (Fsp3) is 0.391. The second-order valence-corrected chi connectivity index (χ2v) is 8.48. The third-order valence-corrected chi connectivity index (χ3v) is 6.15. The van der Waals surface area contributed by atoms with E-state index in [-0.39, 0.29) is 11.7 Å². The average molecular weight is 412 g/mol. The first-order valence-electron chi connectivity index (χ1n) is 10.0. The highest BCUT2D eigenvalue weighted by Crippen LogP contribution is 2.47. The number of carbonyl (C=O) groups excluding carboxylic acids is 2. The Hall–Kier alpha value is -2.21. The number of nitrogens with zero attached hydrogens (tertiary/aromatic N) is 1. The second kappa shape index (κ2) is 6.94. The minimum absolute atomic E-state index is 0.133. The van der Waals surface area contributed by atoms with Gasteiger partial charge in [0.1, 0.15) is 0 Å². The summed E-state index contributed by atoms with van der Waals surface area (Å²) < 4.78 is 11.9. The Bertz CT molecular complexity index is 1010. The molecular formula is C23H22ClNO4. The quantitative estimate of drug-likeness (QED) is 0.706. The molecule has 1 saturated carbocycles. The van der Waals surface area contributed by atoms with Gasteiger partial charge in [0.05, 0.1) is 18.9 Å². The monoisotopic (exact) mass is 411 g/mol. The molecule has 1 spiro atoms. The SMILES string of the molecule is Cc1ccc(Cl)cc1C(=O)c1ccc2c(c1)C1(OCCCO1)C(=O)N2CC1CC1. The van der Waals surface area contributed by atoms with Crippen LogP contribution in [0.1, 0.15) is 46.3 Å². The zero-order valence-corrected chi connectivity index (χ0v) is 17.0. The Morgan fingerprint density at radius 2 is 1.93 bits per heavy atom. The van der Waals surface area contributed by atoms with Crippen molar-refractivity contribution in [1.29, 1.82) is 0 Å². The summed E-state index contributed by atoms with van der Waals surface area (Å²) in [4.78, 5) is 28.3. The van der Waals surface area contributed by atoms with Gasteiger partial charge in [-0.3, -0.25) is 9.59 Å². The molecular weight excluding hydrogens is 390 g/mol. The number of aryl methyl sites for hydroxylation is 1. The summed E-state index contributed by atoms with van der Waals surface area (Å²) in [5.41, 5.74) is 3.31. The molecule has 2 heterocycles. The molecule has 2 aromatic carbocycles. The standard InChI is InChI=1S/C23H22ClNO4/c1-14-3-7-17(24)12-18(14)21(26)16-6-8-20-19(11-16)23(28-9-2-10-29-23)22(27)25(20)13-15-4-5-15/h3,6-8,11-12,15H,2,4-5,9-10,13H2,1H3. The number of rotatable bonds is 4. The van der Waals surface area contributed by atoms with Crippen LogP contribution in [0.4, 0.5) is 5.69 Å². The Morgan fingerprint density at radius 1 is 1.17 bits per heavy atom. The topological polar surface area (TPSA) is 55.8 Å². The molecule has 0 radical (unpaired) electrons. The van der Waals surface area contributed by atoms with Crippen LogP contribution in [-0.2, 0) is 20.1 Å². The first-order chi connectivity index (χ1) is 14.0. The van der Waals surface area contributed by atoms with Crippen molar-refractivity contribution in [3.63, 3.8) is 0 Å². The van der Waals surface area contributed by atoms with Gasteiger partial charge in [-0.2, -0.15) is 0 Å². The number of carbonyl (C=O) groups is 2. The number of anilines is 1. The summed E-state index contributed by atoms with van der Waals surface area (Å²) in [6.45, 7) is 3.45. The number of halogens is 1. The van der Waals surface area contributed by atoms with E-state index in [4.69, 9.17) is 21.1 Å². The number of fused-ring (bicyclic) bond motifs is 2. The third kappa shape index (κ3) is 3.08. The fourth-order valence-electron chi connectivity index (χ4n) is 4.12. The van der Waals surface area contributed by atoms with Crippen LogP contribution in [0.5, 0.6) is 0 Å². The zero-order chi connectivity index (χ0) is 20.2. The van der Waals surface area contributed by atoms with Gasteiger partial charge in [0.25, 0.3) is 11.7 Å². The maximum atomic E-state index is 13.3. The Morgan fingerprint density at radius 3 is 2.66 bits per heavy atom. The fourth-order valence-corrected chi connectivity index (χ4v) is 4.30. The Balaban J connectivity index is 1.59. The summed E-state index contributed by atoms with van der Waals surface area (Å²) in [5.74, 6) is -1.21. The van der Waals surface area contributed by atoms with Crippen LogP contribution < -0.4 is 4.90 Å². The van der Waals surface area contributed by atoms with Gasteiger partial charge < -0.3 is 14.4 Å². The number of amides is 1. The van der Waals surface area contributed by atoms with Crippen LogP contribution in [0.2, 0.25) is 5.02 Å². The molecule has 150 valence electrons. The molecule has 0 unspecified atom stereocenters. The summed E-state index contributed by atoms with van der Waals surface area (Å²) in [6.07, 6.45) is 3.02. The van der Waals surface area contributed by atoms with E-state index in [0.29, 0.717) is 47.4 Å². The molecule has 0 bridgehead atoms. The smallest absolute Gasteiger partial charge is 0.292 e. The number of ketones is 1. The number of hydrogen-bond donors (Lipinski definition) is 0. The van der Waals surface area contributed by atoms with Gasteiger partial charge in [-0.15, -0.1) is 0 Å². The van der Waals surface area contributed by atoms with E-state index in [9.17, 15) is 9.59 Å². The molecule has 5 rings (SSSR count).